The van der Waals surface area contributed by atoms with Gasteiger partial charge in [0.05, 0.1) is 23.1 Å². The third-order valence-electron chi connectivity index (χ3n) is 4.57. The van der Waals surface area contributed by atoms with Gasteiger partial charge in [0, 0.05) is 18.4 Å². The van der Waals surface area contributed by atoms with Gasteiger partial charge >= 0.3 is 0 Å². The number of hydrogen-bond donors (Lipinski definition) is 0. The molecular weight excluding hydrogens is 374 g/mol. The zero-order valence-electron chi connectivity index (χ0n) is 14.6. The van der Waals surface area contributed by atoms with Crippen LogP contribution in [0.4, 0.5) is 0 Å². The Morgan fingerprint density at radius 2 is 2.00 bits per heavy atom. The summed E-state index contributed by atoms with van der Waals surface area (Å²) in [4.78, 5) is 14.8. The number of methoxy groups -OCH3 is 1. The lowest BCUT2D eigenvalue weighted by Crippen LogP contribution is -2.30. The van der Waals surface area contributed by atoms with Crippen LogP contribution in [-0.2, 0) is 9.84 Å². The van der Waals surface area contributed by atoms with Gasteiger partial charge in [0.15, 0.2) is 9.84 Å². The minimum Gasteiger partial charge on any atom is -0.497 e. The molecule has 0 bridgehead atoms. The maximum atomic E-state index is 13.0. The summed E-state index contributed by atoms with van der Waals surface area (Å²) in [7, 11) is -1.90. The van der Waals surface area contributed by atoms with Crippen molar-refractivity contribution in [1.29, 1.82) is 0 Å². The quantitative estimate of drug-likeness (QED) is 0.793. The van der Waals surface area contributed by atoms with E-state index in [1.807, 2.05) is 24.3 Å². The number of rotatable bonds is 4. The van der Waals surface area contributed by atoms with Crippen LogP contribution in [-0.4, -0.2) is 39.1 Å². The molecule has 1 aliphatic rings. The number of likely N-dealkylation sites (tertiary alicyclic amines) is 1. The van der Waals surface area contributed by atoms with E-state index in [4.69, 9.17) is 16.3 Å². The van der Waals surface area contributed by atoms with E-state index in [1.165, 1.54) is 12.1 Å². The first kappa shape index (κ1) is 18.7. The molecule has 1 atom stereocenters. The van der Waals surface area contributed by atoms with Gasteiger partial charge in [0.2, 0.25) is 0 Å². The highest BCUT2D eigenvalue weighted by atomic mass is 35.5. The summed E-state index contributed by atoms with van der Waals surface area (Å²) >= 11 is 5.99. The molecule has 1 saturated heterocycles. The number of ether oxygens (including phenoxy) is 1. The normalized spacial score (nSPS) is 17.3. The second-order valence-corrected chi connectivity index (χ2v) is 8.74. The maximum Gasteiger partial charge on any atom is 0.254 e. The van der Waals surface area contributed by atoms with Gasteiger partial charge in [-0.2, -0.15) is 0 Å². The third kappa shape index (κ3) is 3.71. The summed E-state index contributed by atoms with van der Waals surface area (Å²) in [5, 5.41) is 0.120. The molecule has 138 valence electrons. The highest BCUT2D eigenvalue weighted by Gasteiger charge is 2.31. The molecule has 1 unspecified atom stereocenters. The summed E-state index contributed by atoms with van der Waals surface area (Å²) in [6, 6.07) is 12.0. The van der Waals surface area contributed by atoms with Crippen LogP contribution < -0.4 is 4.74 Å². The fraction of sp³-hybridized carbons (Fsp3) is 0.316. The molecule has 0 aromatic heterocycles. The lowest BCUT2D eigenvalue weighted by Gasteiger charge is -2.25. The summed E-state index contributed by atoms with van der Waals surface area (Å²) < 4.78 is 29.0. The van der Waals surface area contributed by atoms with Crippen LogP contribution in [0.2, 0.25) is 5.02 Å². The molecule has 3 rings (SSSR count). The molecule has 2 aromatic rings. The molecule has 0 saturated carbocycles. The first-order valence-electron chi connectivity index (χ1n) is 8.26. The van der Waals surface area contributed by atoms with Gasteiger partial charge in [0.25, 0.3) is 5.91 Å². The van der Waals surface area contributed by atoms with E-state index in [9.17, 15) is 13.2 Å². The van der Waals surface area contributed by atoms with E-state index in [0.29, 0.717) is 12.1 Å². The van der Waals surface area contributed by atoms with E-state index in [1.54, 1.807) is 18.1 Å². The van der Waals surface area contributed by atoms with E-state index >= 15 is 0 Å². The predicted octanol–water partition coefficient (Wildman–Crippen LogP) is 3.73. The van der Waals surface area contributed by atoms with Crippen molar-refractivity contribution in [2.24, 2.45) is 0 Å². The molecule has 0 N–H and O–H groups in total. The Morgan fingerprint density at radius 3 is 2.69 bits per heavy atom. The van der Waals surface area contributed by atoms with E-state index in [2.05, 4.69) is 0 Å². The van der Waals surface area contributed by atoms with Crippen molar-refractivity contribution in [3.05, 3.63) is 58.6 Å². The van der Waals surface area contributed by atoms with E-state index in [0.717, 1.165) is 30.4 Å². The van der Waals surface area contributed by atoms with Gasteiger partial charge in [0.1, 0.15) is 5.75 Å². The second-order valence-electron chi connectivity index (χ2n) is 6.35. The average molecular weight is 394 g/mol. The van der Waals surface area contributed by atoms with Gasteiger partial charge in [-0.25, -0.2) is 8.42 Å². The molecule has 2 aromatic carbocycles. The predicted molar refractivity (Wildman–Crippen MR) is 101 cm³/mol. The number of carbonyl (C=O) groups excluding carboxylic acids is 1. The second kappa shape index (κ2) is 7.29. The number of halogens is 1. The minimum atomic E-state index is -3.51. The van der Waals surface area contributed by atoms with Crippen molar-refractivity contribution in [1.82, 2.24) is 4.90 Å². The number of sulfone groups is 1. The molecule has 7 heteroatoms. The Labute approximate surface area is 158 Å². The molecule has 26 heavy (non-hydrogen) atoms. The highest BCUT2D eigenvalue weighted by molar-refractivity contribution is 7.90. The molecule has 5 nitrogen and oxygen atoms in total. The van der Waals surface area contributed by atoms with Crippen LogP contribution in [0.1, 0.15) is 34.8 Å². The molecule has 1 amide bonds. The van der Waals surface area contributed by atoms with Crippen molar-refractivity contribution in [3.8, 4) is 5.75 Å². The van der Waals surface area contributed by atoms with Crippen LogP contribution in [0.15, 0.2) is 47.4 Å². The average Bonchev–Trinajstić information content (AvgIpc) is 3.10. The Hall–Kier alpha value is -2.05. The fourth-order valence-corrected chi connectivity index (χ4v) is 4.59. The van der Waals surface area contributed by atoms with Gasteiger partial charge in [-0.3, -0.25) is 4.79 Å². The van der Waals surface area contributed by atoms with Crippen molar-refractivity contribution < 1.29 is 17.9 Å². The van der Waals surface area contributed by atoms with Crippen molar-refractivity contribution in [2.45, 2.75) is 23.8 Å². The first-order chi connectivity index (χ1) is 12.3. The Bertz CT molecular complexity index is 942. The van der Waals surface area contributed by atoms with E-state index in [-0.39, 0.29) is 21.9 Å². The van der Waals surface area contributed by atoms with Crippen LogP contribution in [0.3, 0.4) is 0 Å². The Morgan fingerprint density at radius 1 is 1.23 bits per heavy atom. The monoisotopic (exact) mass is 393 g/mol. The molecular formula is C19H20ClNO4S. The minimum absolute atomic E-state index is 0.0258. The number of carbonyl (C=O) groups is 1. The molecule has 1 heterocycles. The van der Waals surface area contributed by atoms with Crippen LogP contribution >= 0.6 is 11.6 Å². The number of nitrogens with zero attached hydrogens (tertiary/aromatic N) is 1. The lowest BCUT2D eigenvalue weighted by molar-refractivity contribution is 0.0735. The molecule has 0 spiro atoms. The molecule has 1 fully saturated rings. The third-order valence-corrected chi connectivity index (χ3v) is 6.15. The Balaban J connectivity index is 1.94. The summed E-state index contributed by atoms with van der Waals surface area (Å²) in [5.74, 6) is 0.546. The van der Waals surface area contributed by atoms with Crippen LogP contribution in [0.5, 0.6) is 5.75 Å². The Kier molecular flexibility index (Phi) is 5.25. The number of benzene rings is 2. The first-order valence-corrected chi connectivity index (χ1v) is 10.5. The standard InChI is InChI=1S/C19H20ClNO4S/c1-25-15-6-3-5-13(11-15)17-7-4-10-21(17)19(22)14-8-9-16(20)18(12-14)26(2,23)24/h3,5-6,8-9,11-12,17H,4,7,10H2,1-2H3. The SMILES string of the molecule is COc1cccc(C2CCCN2C(=O)c2ccc(Cl)c(S(C)(=O)=O)c2)c1. The van der Waals surface area contributed by atoms with E-state index < -0.39 is 9.84 Å². The van der Waals surface area contributed by atoms with Crippen molar-refractivity contribution in [2.75, 3.05) is 19.9 Å². The zero-order chi connectivity index (χ0) is 18.9. The summed E-state index contributed by atoms with van der Waals surface area (Å²) in [6.07, 6.45) is 2.82. The molecule has 0 aliphatic carbocycles. The summed E-state index contributed by atoms with van der Waals surface area (Å²) in [6.45, 7) is 0.623. The van der Waals surface area contributed by atoms with Gasteiger partial charge in [-0.1, -0.05) is 23.7 Å². The van der Waals surface area contributed by atoms with Crippen LogP contribution in [0, 0.1) is 0 Å². The zero-order valence-corrected chi connectivity index (χ0v) is 16.2. The van der Waals surface area contributed by atoms with Crippen molar-refractivity contribution >= 4 is 27.3 Å². The fourth-order valence-electron chi connectivity index (χ4n) is 3.29. The van der Waals surface area contributed by atoms with Gasteiger partial charge < -0.3 is 9.64 Å². The maximum absolute atomic E-state index is 13.0. The van der Waals surface area contributed by atoms with Crippen molar-refractivity contribution in [3.63, 3.8) is 0 Å². The smallest absolute Gasteiger partial charge is 0.254 e. The van der Waals surface area contributed by atoms with Gasteiger partial charge in [-0.05, 0) is 48.7 Å². The largest absolute Gasteiger partial charge is 0.497 e. The summed E-state index contributed by atoms with van der Waals surface area (Å²) in [5.41, 5.74) is 1.33. The molecule has 0 radical (unpaired) electrons. The number of hydrogen-bond acceptors (Lipinski definition) is 4. The number of amides is 1. The highest BCUT2D eigenvalue weighted by Crippen LogP contribution is 2.35. The van der Waals surface area contributed by atoms with Crippen LogP contribution in [0.25, 0.3) is 0 Å². The molecule has 1 aliphatic heterocycles. The van der Waals surface area contributed by atoms with Gasteiger partial charge in [-0.15, -0.1) is 0 Å². The topological polar surface area (TPSA) is 63.7 Å². The lowest BCUT2D eigenvalue weighted by atomic mass is 10.0.